The first-order chi connectivity index (χ1) is 16.8. The SMILES string of the molecule is CCCCCCCCCCCCCN1C=CN(Cc2ccccc2)C1CCCCCCCCC. The summed E-state index contributed by atoms with van der Waals surface area (Å²) in [5.41, 5.74) is 1.42. The summed E-state index contributed by atoms with van der Waals surface area (Å²) in [5.74, 6) is 0. The number of unbranched alkanes of at least 4 members (excludes halogenated alkanes) is 16. The molecule has 1 aliphatic heterocycles. The van der Waals surface area contributed by atoms with Crippen LogP contribution >= 0.6 is 0 Å². The Balaban J connectivity index is 1.65. The molecule has 2 rings (SSSR count). The van der Waals surface area contributed by atoms with Gasteiger partial charge in [-0.2, -0.15) is 0 Å². The van der Waals surface area contributed by atoms with E-state index in [2.05, 4.69) is 66.4 Å². The lowest BCUT2D eigenvalue weighted by molar-refractivity contribution is 0.132. The van der Waals surface area contributed by atoms with Gasteiger partial charge in [0.25, 0.3) is 0 Å². The molecule has 0 saturated heterocycles. The van der Waals surface area contributed by atoms with Crippen LogP contribution in [-0.2, 0) is 6.54 Å². The Labute approximate surface area is 213 Å². The predicted molar refractivity (Wildman–Crippen MR) is 151 cm³/mol. The third-order valence-corrected chi connectivity index (χ3v) is 7.51. The lowest BCUT2D eigenvalue weighted by Crippen LogP contribution is -2.38. The van der Waals surface area contributed by atoms with Crippen LogP contribution in [0.25, 0.3) is 0 Å². The van der Waals surface area contributed by atoms with Gasteiger partial charge >= 0.3 is 0 Å². The monoisotopic (exact) mass is 468 g/mol. The van der Waals surface area contributed by atoms with Gasteiger partial charge in [0.05, 0.1) is 0 Å². The van der Waals surface area contributed by atoms with Crippen molar-refractivity contribution in [1.29, 1.82) is 0 Å². The summed E-state index contributed by atoms with van der Waals surface area (Å²) in [6, 6.07) is 11.0. The zero-order chi connectivity index (χ0) is 24.1. The molecular weight excluding hydrogens is 412 g/mol. The summed E-state index contributed by atoms with van der Waals surface area (Å²) in [7, 11) is 0. The highest BCUT2D eigenvalue weighted by molar-refractivity contribution is 5.15. The standard InChI is InChI=1S/C32H56N2/c1-3-5-7-9-11-12-13-14-16-18-23-27-33-28-29-34(30-31-24-20-19-21-25-31)32(33)26-22-17-15-10-8-6-4-2/h19-21,24-25,28-29,32H,3-18,22-23,26-27,30H2,1-2H3. The smallest absolute Gasteiger partial charge is 0.101 e. The molecule has 0 spiro atoms. The molecule has 1 aromatic carbocycles. The Morgan fingerprint density at radius 2 is 1.00 bits per heavy atom. The molecule has 0 bridgehead atoms. The molecule has 1 heterocycles. The number of hydrogen-bond acceptors (Lipinski definition) is 2. The second kappa shape index (κ2) is 19.8. The van der Waals surface area contributed by atoms with E-state index in [1.807, 2.05) is 0 Å². The maximum atomic E-state index is 2.65. The molecule has 2 heteroatoms. The molecule has 2 nitrogen and oxygen atoms in total. The quantitative estimate of drug-likeness (QED) is 0.156. The van der Waals surface area contributed by atoms with Gasteiger partial charge in [-0.3, -0.25) is 0 Å². The summed E-state index contributed by atoms with van der Waals surface area (Å²) in [6.07, 6.45) is 32.0. The molecule has 1 aromatic rings. The Kier molecular flexibility index (Phi) is 16.8. The molecule has 1 unspecified atom stereocenters. The van der Waals surface area contributed by atoms with E-state index >= 15 is 0 Å². The minimum Gasteiger partial charge on any atom is -0.356 e. The Morgan fingerprint density at radius 3 is 1.56 bits per heavy atom. The van der Waals surface area contributed by atoms with Crippen LogP contribution in [0.5, 0.6) is 0 Å². The van der Waals surface area contributed by atoms with Gasteiger partial charge in [-0.25, -0.2) is 0 Å². The molecule has 1 aliphatic rings. The Bertz CT molecular complexity index is 596. The fourth-order valence-corrected chi connectivity index (χ4v) is 5.31. The first kappa shape index (κ1) is 28.8. The van der Waals surface area contributed by atoms with E-state index < -0.39 is 0 Å². The molecule has 34 heavy (non-hydrogen) atoms. The van der Waals surface area contributed by atoms with Crippen molar-refractivity contribution in [1.82, 2.24) is 9.80 Å². The molecule has 0 saturated carbocycles. The van der Waals surface area contributed by atoms with Crippen LogP contribution in [0.3, 0.4) is 0 Å². The zero-order valence-corrected chi connectivity index (χ0v) is 22.9. The van der Waals surface area contributed by atoms with Crippen molar-refractivity contribution in [3.05, 3.63) is 48.3 Å². The van der Waals surface area contributed by atoms with E-state index in [9.17, 15) is 0 Å². The average Bonchev–Trinajstić information content (AvgIpc) is 3.23. The zero-order valence-electron chi connectivity index (χ0n) is 22.9. The largest absolute Gasteiger partial charge is 0.356 e. The van der Waals surface area contributed by atoms with E-state index in [-0.39, 0.29) is 0 Å². The third kappa shape index (κ3) is 12.9. The molecule has 0 fully saturated rings. The summed E-state index contributed by atoms with van der Waals surface area (Å²) < 4.78 is 0. The summed E-state index contributed by atoms with van der Waals surface area (Å²) in [4.78, 5) is 5.23. The number of rotatable bonds is 22. The van der Waals surface area contributed by atoms with Crippen LogP contribution in [-0.4, -0.2) is 22.5 Å². The first-order valence-electron chi connectivity index (χ1n) is 15.1. The molecule has 0 amide bonds. The molecule has 0 aromatic heterocycles. The van der Waals surface area contributed by atoms with Crippen molar-refractivity contribution in [2.24, 2.45) is 0 Å². The average molecular weight is 469 g/mol. The van der Waals surface area contributed by atoms with Gasteiger partial charge in [0.15, 0.2) is 0 Å². The van der Waals surface area contributed by atoms with Gasteiger partial charge < -0.3 is 9.80 Å². The summed E-state index contributed by atoms with van der Waals surface area (Å²) in [5, 5.41) is 0. The van der Waals surface area contributed by atoms with Crippen molar-refractivity contribution < 1.29 is 0 Å². The van der Waals surface area contributed by atoms with Gasteiger partial charge in [-0.1, -0.05) is 147 Å². The van der Waals surface area contributed by atoms with Crippen LogP contribution < -0.4 is 0 Å². The molecule has 0 N–H and O–H groups in total. The Morgan fingerprint density at radius 1 is 0.529 bits per heavy atom. The minimum atomic E-state index is 0.555. The normalized spacial score (nSPS) is 15.5. The molecular formula is C32H56N2. The molecule has 0 aliphatic carbocycles. The van der Waals surface area contributed by atoms with Gasteiger partial charge in [0, 0.05) is 25.5 Å². The van der Waals surface area contributed by atoms with Gasteiger partial charge in [-0.05, 0) is 24.8 Å². The number of hydrogen-bond donors (Lipinski definition) is 0. The van der Waals surface area contributed by atoms with Crippen molar-refractivity contribution in [2.75, 3.05) is 6.54 Å². The minimum absolute atomic E-state index is 0.555. The van der Waals surface area contributed by atoms with Gasteiger partial charge in [-0.15, -0.1) is 0 Å². The number of benzene rings is 1. The lowest BCUT2D eigenvalue weighted by atomic mass is 10.1. The van der Waals surface area contributed by atoms with E-state index in [1.165, 1.54) is 134 Å². The maximum Gasteiger partial charge on any atom is 0.101 e. The summed E-state index contributed by atoms with van der Waals surface area (Å²) in [6.45, 7) is 6.86. The fourth-order valence-electron chi connectivity index (χ4n) is 5.31. The molecule has 194 valence electrons. The van der Waals surface area contributed by atoms with Crippen LogP contribution in [0, 0.1) is 0 Å². The number of nitrogens with zero attached hydrogens (tertiary/aromatic N) is 2. The first-order valence-corrected chi connectivity index (χ1v) is 15.1. The lowest BCUT2D eigenvalue weighted by Gasteiger charge is -2.33. The third-order valence-electron chi connectivity index (χ3n) is 7.51. The van der Waals surface area contributed by atoms with E-state index in [1.54, 1.807) is 0 Å². The van der Waals surface area contributed by atoms with Crippen LogP contribution in [0.4, 0.5) is 0 Å². The molecule has 0 radical (unpaired) electrons. The van der Waals surface area contributed by atoms with Crippen LogP contribution in [0.15, 0.2) is 42.7 Å². The second-order valence-corrected chi connectivity index (χ2v) is 10.6. The highest BCUT2D eigenvalue weighted by atomic mass is 15.4. The van der Waals surface area contributed by atoms with E-state index in [0.29, 0.717) is 6.17 Å². The highest BCUT2D eigenvalue weighted by Gasteiger charge is 2.25. The topological polar surface area (TPSA) is 6.48 Å². The Hall–Kier alpha value is -1.44. The van der Waals surface area contributed by atoms with Crippen LogP contribution in [0.2, 0.25) is 0 Å². The van der Waals surface area contributed by atoms with Crippen molar-refractivity contribution in [3.8, 4) is 0 Å². The fraction of sp³-hybridized carbons (Fsp3) is 0.750. The van der Waals surface area contributed by atoms with Crippen molar-refractivity contribution >= 4 is 0 Å². The van der Waals surface area contributed by atoms with Crippen molar-refractivity contribution in [2.45, 2.75) is 149 Å². The highest BCUT2D eigenvalue weighted by Crippen LogP contribution is 2.25. The van der Waals surface area contributed by atoms with Gasteiger partial charge in [0.2, 0.25) is 0 Å². The van der Waals surface area contributed by atoms with E-state index in [4.69, 9.17) is 0 Å². The van der Waals surface area contributed by atoms with Crippen molar-refractivity contribution in [3.63, 3.8) is 0 Å². The molecule has 1 atom stereocenters. The predicted octanol–water partition coefficient (Wildman–Crippen LogP) is 10.1. The van der Waals surface area contributed by atoms with E-state index in [0.717, 1.165) is 6.54 Å². The summed E-state index contributed by atoms with van der Waals surface area (Å²) >= 11 is 0. The van der Waals surface area contributed by atoms with Crippen LogP contribution in [0.1, 0.15) is 141 Å². The van der Waals surface area contributed by atoms with Gasteiger partial charge in [0.1, 0.15) is 6.17 Å². The maximum absolute atomic E-state index is 2.65. The second-order valence-electron chi connectivity index (χ2n) is 10.6.